The molecule has 1 aliphatic rings. The second kappa shape index (κ2) is 4.63. The standard InChI is InChI=1S/C13H14F3NO/c1-2-3-8-6-12(18)17-11-7-9(13(14,15)16)4-5-10(8)11/h4-5,7-8H,2-3,6H2,1H3,(H,17,18). The summed E-state index contributed by atoms with van der Waals surface area (Å²) in [5.74, 6) is -0.179. The van der Waals surface area contributed by atoms with Gasteiger partial charge in [-0.1, -0.05) is 19.4 Å². The third-order valence-corrected chi connectivity index (χ3v) is 3.16. The zero-order valence-electron chi connectivity index (χ0n) is 9.97. The van der Waals surface area contributed by atoms with Crippen molar-refractivity contribution in [3.05, 3.63) is 29.3 Å². The highest BCUT2D eigenvalue weighted by atomic mass is 19.4. The molecule has 1 N–H and O–H groups in total. The van der Waals surface area contributed by atoms with Gasteiger partial charge in [-0.3, -0.25) is 4.79 Å². The van der Waals surface area contributed by atoms with E-state index in [4.69, 9.17) is 0 Å². The Labute approximate surface area is 103 Å². The fraction of sp³-hybridized carbons (Fsp3) is 0.462. The van der Waals surface area contributed by atoms with E-state index in [-0.39, 0.29) is 11.8 Å². The third-order valence-electron chi connectivity index (χ3n) is 3.16. The molecule has 1 heterocycles. The van der Waals surface area contributed by atoms with E-state index in [2.05, 4.69) is 5.32 Å². The van der Waals surface area contributed by atoms with Gasteiger partial charge in [0.05, 0.1) is 5.56 Å². The van der Waals surface area contributed by atoms with Crippen molar-refractivity contribution in [3.8, 4) is 0 Å². The molecule has 1 aromatic rings. The Hall–Kier alpha value is -1.52. The number of hydrogen-bond acceptors (Lipinski definition) is 1. The van der Waals surface area contributed by atoms with Crippen molar-refractivity contribution in [2.24, 2.45) is 0 Å². The zero-order chi connectivity index (χ0) is 13.3. The first-order valence-corrected chi connectivity index (χ1v) is 5.92. The molecule has 0 spiro atoms. The van der Waals surface area contributed by atoms with Gasteiger partial charge >= 0.3 is 6.18 Å². The van der Waals surface area contributed by atoms with Crippen molar-refractivity contribution in [1.29, 1.82) is 0 Å². The molecule has 98 valence electrons. The molecule has 1 aromatic carbocycles. The van der Waals surface area contributed by atoms with E-state index in [1.807, 2.05) is 6.92 Å². The second-order valence-electron chi connectivity index (χ2n) is 4.54. The summed E-state index contributed by atoms with van der Waals surface area (Å²) in [4.78, 5) is 11.5. The summed E-state index contributed by atoms with van der Waals surface area (Å²) < 4.78 is 37.8. The molecule has 0 radical (unpaired) electrons. The molecule has 1 amide bonds. The number of amides is 1. The van der Waals surface area contributed by atoms with Gasteiger partial charge in [-0.25, -0.2) is 0 Å². The first kappa shape index (κ1) is 12.9. The number of fused-ring (bicyclic) bond motifs is 1. The van der Waals surface area contributed by atoms with Crippen LogP contribution < -0.4 is 5.32 Å². The lowest BCUT2D eigenvalue weighted by atomic mass is 9.86. The topological polar surface area (TPSA) is 29.1 Å². The van der Waals surface area contributed by atoms with Crippen molar-refractivity contribution in [3.63, 3.8) is 0 Å². The minimum Gasteiger partial charge on any atom is -0.326 e. The minimum atomic E-state index is -4.38. The average molecular weight is 257 g/mol. The molecular weight excluding hydrogens is 243 g/mol. The van der Waals surface area contributed by atoms with Crippen LogP contribution in [-0.4, -0.2) is 5.91 Å². The summed E-state index contributed by atoms with van der Waals surface area (Å²) in [5.41, 5.74) is 0.391. The minimum absolute atomic E-state index is 0.0287. The summed E-state index contributed by atoms with van der Waals surface area (Å²) in [5, 5.41) is 2.52. The number of benzene rings is 1. The van der Waals surface area contributed by atoms with Crippen molar-refractivity contribution in [2.45, 2.75) is 38.3 Å². The molecule has 0 saturated carbocycles. The molecule has 2 nitrogen and oxygen atoms in total. The van der Waals surface area contributed by atoms with Gasteiger partial charge in [0, 0.05) is 12.1 Å². The van der Waals surface area contributed by atoms with E-state index in [1.54, 1.807) is 0 Å². The molecule has 0 fully saturated rings. The summed E-state index contributed by atoms with van der Waals surface area (Å²) >= 11 is 0. The Bertz CT molecular complexity index is 468. The maximum Gasteiger partial charge on any atom is 0.416 e. The Morgan fingerprint density at radius 2 is 2.11 bits per heavy atom. The van der Waals surface area contributed by atoms with Crippen LogP contribution in [0.4, 0.5) is 18.9 Å². The maximum absolute atomic E-state index is 12.6. The predicted octanol–water partition coefficient (Wildman–Crippen LogP) is 3.93. The smallest absolute Gasteiger partial charge is 0.326 e. The van der Waals surface area contributed by atoms with Gasteiger partial charge in [-0.15, -0.1) is 0 Å². The van der Waals surface area contributed by atoms with Crippen LogP contribution in [-0.2, 0) is 11.0 Å². The summed E-state index contributed by atoms with van der Waals surface area (Å²) in [6.45, 7) is 2.00. The van der Waals surface area contributed by atoms with Gasteiger partial charge in [0.25, 0.3) is 0 Å². The van der Waals surface area contributed by atoms with Gasteiger partial charge in [0.2, 0.25) is 5.91 Å². The van der Waals surface area contributed by atoms with Gasteiger partial charge in [-0.05, 0) is 30.0 Å². The summed E-state index contributed by atoms with van der Waals surface area (Å²) in [6, 6.07) is 3.59. The quantitative estimate of drug-likeness (QED) is 0.854. The van der Waals surface area contributed by atoms with Gasteiger partial charge in [0.15, 0.2) is 0 Å². The lowest BCUT2D eigenvalue weighted by Gasteiger charge is -2.26. The Morgan fingerprint density at radius 3 is 2.72 bits per heavy atom. The molecule has 0 bridgehead atoms. The molecule has 0 aromatic heterocycles. The zero-order valence-corrected chi connectivity index (χ0v) is 9.97. The highest BCUT2D eigenvalue weighted by Gasteiger charge is 2.33. The highest BCUT2D eigenvalue weighted by Crippen LogP contribution is 2.39. The Balaban J connectivity index is 2.40. The third kappa shape index (κ3) is 2.49. The summed E-state index contributed by atoms with van der Waals surface area (Å²) in [7, 11) is 0. The molecule has 2 rings (SSSR count). The monoisotopic (exact) mass is 257 g/mol. The molecule has 0 aliphatic carbocycles. The molecule has 1 aliphatic heterocycles. The van der Waals surface area contributed by atoms with Crippen LogP contribution in [0.25, 0.3) is 0 Å². The number of carbonyl (C=O) groups excluding carboxylic acids is 1. The van der Waals surface area contributed by atoms with Crippen LogP contribution in [0.15, 0.2) is 18.2 Å². The highest BCUT2D eigenvalue weighted by molar-refractivity contribution is 5.94. The fourth-order valence-corrected chi connectivity index (χ4v) is 2.34. The lowest BCUT2D eigenvalue weighted by Crippen LogP contribution is -2.23. The first-order valence-electron chi connectivity index (χ1n) is 5.92. The van der Waals surface area contributed by atoms with Crippen molar-refractivity contribution in [1.82, 2.24) is 0 Å². The number of carbonyl (C=O) groups is 1. The number of halogens is 3. The molecule has 5 heteroatoms. The normalized spacial score (nSPS) is 19.3. The number of anilines is 1. The largest absolute Gasteiger partial charge is 0.416 e. The number of rotatable bonds is 2. The van der Waals surface area contributed by atoms with Crippen LogP contribution in [0.3, 0.4) is 0 Å². The fourth-order valence-electron chi connectivity index (χ4n) is 2.34. The van der Waals surface area contributed by atoms with Crippen molar-refractivity contribution < 1.29 is 18.0 Å². The van der Waals surface area contributed by atoms with E-state index in [1.165, 1.54) is 6.07 Å². The van der Waals surface area contributed by atoms with Crippen molar-refractivity contribution >= 4 is 11.6 Å². The van der Waals surface area contributed by atoms with Crippen LogP contribution >= 0.6 is 0 Å². The predicted molar refractivity (Wildman–Crippen MR) is 62.3 cm³/mol. The molecule has 18 heavy (non-hydrogen) atoms. The average Bonchev–Trinajstić information content (AvgIpc) is 2.27. The van der Waals surface area contributed by atoms with Gasteiger partial charge in [0.1, 0.15) is 0 Å². The Kier molecular flexibility index (Phi) is 3.32. The number of hydrogen-bond donors (Lipinski definition) is 1. The Morgan fingerprint density at radius 1 is 1.39 bits per heavy atom. The van der Waals surface area contributed by atoms with E-state index in [0.29, 0.717) is 12.1 Å². The van der Waals surface area contributed by atoms with Crippen LogP contribution in [0.1, 0.15) is 43.2 Å². The van der Waals surface area contributed by atoms with E-state index >= 15 is 0 Å². The SMILES string of the molecule is CCCC1CC(=O)Nc2cc(C(F)(F)F)ccc21. The molecule has 1 atom stereocenters. The van der Waals surface area contributed by atoms with Crippen molar-refractivity contribution in [2.75, 3.05) is 5.32 Å². The van der Waals surface area contributed by atoms with E-state index in [0.717, 1.165) is 30.5 Å². The molecule has 0 saturated heterocycles. The molecular formula is C13H14F3NO. The summed E-state index contributed by atoms with van der Waals surface area (Å²) in [6.07, 6.45) is -2.31. The van der Waals surface area contributed by atoms with Gasteiger partial charge < -0.3 is 5.32 Å². The number of alkyl halides is 3. The number of nitrogens with one attached hydrogen (secondary N) is 1. The van der Waals surface area contributed by atoms with Crippen LogP contribution in [0.2, 0.25) is 0 Å². The lowest BCUT2D eigenvalue weighted by molar-refractivity contribution is -0.137. The van der Waals surface area contributed by atoms with Gasteiger partial charge in [-0.2, -0.15) is 13.2 Å². The first-order chi connectivity index (χ1) is 8.41. The van der Waals surface area contributed by atoms with Crippen LogP contribution in [0.5, 0.6) is 0 Å². The van der Waals surface area contributed by atoms with E-state index in [9.17, 15) is 18.0 Å². The second-order valence-corrected chi connectivity index (χ2v) is 4.54. The van der Waals surface area contributed by atoms with Crippen LogP contribution in [0, 0.1) is 0 Å². The van der Waals surface area contributed by atoms with E-state index < -0.39 is 11.7 Å². The molecule has 1 unspecified atom stereocenters. The maximum atomic E-state index is 12.6.